The lowest BCUT2D eigenvalue weighted by atomic mass is 10.0. The monoisotopic (exact) mass is 436 g/mol. The molecule has 164 valence electrons. The molecule has 1 amide bonds. The average molecular weight is 437 g/mol. The van der Waals surface area contributed by atoms with E-state index in [1.165, 1.54) is 0 Å². The minimum Gasteiger partial charge on any atom is -0.309 e. The fraction of sp³-hybridized carbons (Fsp3) is 0.154. The Balaban J connectivity index is 1.46. The topological polar surface area (TPSA) is 95.6 Å². The van der Waals surface area contributed by atoms with Crippen LogP contribution < -0.4 is 10.6 Å². The van der Waals surface area contributed by atoms with Gasteiger partial charge in [0.2, 0.25) is 5.91 Å². The molecular formula is C26H24N6O. The molecule has 7 heteroatoms. The van der Waals surface area contributed by atoms with Gasteiger partial charge in [-0.25, -0.2) is 4.98 Å². The number of hydrogen-bond donors (Lipinski definition) is 2. The first kappa shape index (κ1) is 21.9. The van der Waals surface area contributed by atoms with Gasteiger partial charge in [0.15, 0.2) is 0 Å². The number of aryl methyl sites for hydroxylation is 1. The Bertz CT molecular complexity index is 1260. The van der Waals surface area contributed by atoms with Gasteiger partial charge in [-0.1, -0.05) is 42.5 Å². The molecule has 4 aromatic rings. The van der Waals surface area contributed by atoms with Crippen molar-refractivity contribution in [3.63, 3.8) is 0 Å². The highest BCUT2D eigenvalue weighted by atomic mass is 16.2. The molecule has 2 N–H and O–H groups in total. The number of nitriles is 1. The van der Waals surface area contributed by atoms with Crippen LogP contribution in [-0.2, 0) is 18.3 Å². The van der Waals surface area contributed by atoms with Crippen molar-refractivity contribution in [2.24, 2.45) is 7.05 Å². The molecule has 0 aliphatic carbocycles. The summed E-state index contributed by atoms with van der Waals surface area (Å²) < 4.78 is 1.73. The Labute approximate surface area is 192 Å². The average Bonchev–Trinajstić information content (AvgIpc) is 3.29. The van der Waals surface area contributed by atoms with Crippen molar-refractivity contribution in [2.75, 3.05) is 11.9 Å². The molecule has 1 atom stereocenters. The second kappa shape index (κ2) is 10.4. The third-order valence-corrected chi connectivity index (χ3v) is 5.29. The van der Waals surface area contributed by atoms with Gasteiger partial charge in [0.1, 0.15) is 11.9 Å². The number of amides is 1. The van der Waals surface area contributed by atoms with Crippen LogP contribution in [0.15, 0.2) is 85.3 Å². The van der Waals surface area contributed by atoms with Crippen molar-refractivity contribution in [3.05, 3.63) is 102 Å². The molecule has 0 aliphatic heterocycles. The van der Waals surface area contributed by atoms with Crippen molar-refractivity contribution in [1.82, 2.24) is 20.1 Å². The number of anilines is 1. The SMILES string of the molecule is Cn1cc(-c2ccnc(NC(=O)[C@@H](NCCc3ccc(C#N)cc3)c3ccccc3)c2)cn1. The van der Waals surface area contributed by atoms with Gasteiger partial charge >= 0.3 is 0 Å². The number of carbonyl (C=O) groups is 1. The maximum atomic E-state index is 13.2. The third kappa shape index (κ3) is 5.70. The lowest BCUT2D eigenvalue weighted by Gasteiger charge is -2.19. The van der Waals surface area contributed by atoms with Gasteiger partial charge in [-0.15, -0.1) is 0 Å². The first-order chi connectivity index (χ1) is 16.1. The van der Waals surface area contributed by atoms with Gasteiger partial charge in [0.25, 0.3) is 0 Å². The maximum Gasteiger partial charge on any atom is 0.247 e. The minimum atomic E-state index is -0.534. The fourth-order valence-corrected chi connectivity index (χ4v) is 3.56. The first-order valence-electron chi connectivity index (χ1n) is 10.7. The summed E-state index contributed by atoms with van der Waals surface area (Å²) in [5.74, 6) is 0.299. The summed E-state index contributed by atoms with van der Waals surface area (Å²) in [7, 11) is 1.86. The second-order valence-corrected chi connectivity index (χ2v) is 7.68. The zero-order valence-corrected chi connectivity index (χ0v) is 18.3. The van der Waals surface area contributed by atoms with Crippen molar-refractivity contribution >= 4 is 11.7 Å². The van der Waals surface area contributed by atoms with Crippen molar-refractivity contribution in [2.45, 2.75) is 12.5 Å². The van der Waals surface area contributed by atoms with Crippen LogP contribution in [0.4, 0.5) is 5.82 Å². The summed E-state index contributed by atoms with van der Waals surface area (Å²) in [4.78, 5) is 17.5. The van der Waals surface area contributed by atoms with E-state index in [2.05, 4.69) is 26.8 Å². The van der Waals surface area contributed by atoms with Crippen LogP contribution in [-0.4, -0.2) is 27.2 Å². The summed E-state index contributed by atoms with van der Waals surface area (Å²) in [6.45, 7) is 0.599. The highest BCUT2D eigenvalue weighted by Crippen LogP contribution is 2.21. The highest BCUT2D eigenvalue weighted by Gasteiger charge is 2.20. The predicted octanol–water partition coefficient (Wildman–Crippen LogP) is 3.87. The van der Waals surface area contributed by atoms with Gasteiger partial charge in [-0.05, 0) is 47.4 Å². The quantitative estimate of drug-likeness (QED) is 0.437. The number of nitrogens with zero attached hydrogens (tertiary/aromatic N) is 4. The van der Waals surface area contributed by atoms with E-state index in [1.54, 1.807) is 29.2 Å². The molecule has 2 heterocycles. The van der Waals surface area contributed by atoms with E-state index in [0.717, 1.165) is 28.7 Å². The van der Waals surface area contributed by atoms with Crippen LogP contribution in [0.25, 0.3) is 11.1 Å². The number of rotatable bonds is 8. The molecule has 0 saturated carbocycles. The largest absolute Gasteiger partial charge is 0.309 e. The highest BCUT2D eigenvalue weighted by molar-refractivity contribution is 5.95. The Hall–Kier alpha value is -4.28. The smallest absolute Gasteiger partial charge is 0.247 e. The van der Waals surface area contributed by atoms with Crippen LogP contribution >= 0.6 is 0 Å². The molecule has 2 aromatic carbocycles. The minimum absolute atomic E-state index is 0.183. The summed E-state index contributed by atoms with van der Waals surface area (Å²) in [5, 5.41) is 19.5. The van der Waals surface area contributed by atoms with Crippen LogP contribution in [0.3, 0.4) is 0 Å². The van der Waals surface area contributed by atoms with Crippen molar-refractivity contribution in [1.29, 1.82) is 5.26 Å². The number of benzene rings is 2. The van der Waals surface area contributed by atoms with Gasteiger partial charge in [-0.3, -0.25) is 9.48 Å². The first-order valence-corrected chi connectivity index (χ1v) is 10.7. The predicted molar refractivity (Wildman–Crippen MR) is 127 cm³/mol. The molecule has 4 rings (SSSR count). The van der Waals surface area contributed by atoms with Gasteiger partial charge in [-0.2, -0.15) is 10.4 Å². The van der Waals surface area contributed by atoms with Crippen molar-refractivity contribution < 1.29 is 4.79 Å². The summed E-state index contributed by atoms with van der Waals surface area (Å²) in [5.41, 5.74) is 4.49. The molecule has 0 fully saturated rings. The Morgan fingerprint density at radius 1 is 1.09 bits per heavy atom. The molecular weight excluding hydrogens is 412 g/mol. The molecule has 0 spiro atoms. The van der Waals surface area contributed by atoms with Crippen LogP contribution in [0, 0.1) is 11.3 Å². The van der Waals surface area contributed by atoms with E-state index in [9.17, 15) is 4.79 Å². The van der Waals surface area contributed by atoms with E-state index in [-0.39, 0.29) is 5.91 Å². The molecule has 33 heavy (non-hydrogen) atoms. The Morgan fingerprint density at radius 3 is 2.58 bits per heavy atom. The summed E-state index contributed by atoms with van der Waals surface area (Å²) >= 11 is 0. The molecule has 0 radical (unpaired) electrons. The van der Waals surface area contributed by atoms with Gasteiger partial charge in [0, 0.05) is 31.5 Å². The van der Waals surface area contributed by atoms with Gasteiger partial charge in [0.05, 0.1) is 17.8 Å². The van der Waals surface area contributed by atoms with Gasteiger partial charge < -0.3 is 10.6 Å². The third-order valence-electron chi connectivity index (χ3n) is 5.29. The standard InChI is InChI=1S/C26H24N6O/c1-32-18-23(17-30-32)22-12-14-28-24(15-22)31-26(33)25(21-5-3-2-4-6-21)29-13-11-19-7-9-20(16-27)10-8-19/h2-10,12,14-15,17-18,25,29H,11,13H2,1H3,(H,28,31,33)/t25-/m0/s1. The van der Waals surface area contributed by atoms with Crippen LogP contribution in [0.2, 0.25) is 0 Å². The number of hydrogen-bond acceptors (Lipinski definition) is 5. The fourth-order valence-electron chi connectivity index (χ4n) is 3.56. The molecule has 0 saturated heterocycles. The van der Waals surface area contributed by atoms with E-state index < -0.39 is 6.04 Å². The molecule has 2 aromatic heterocycles. The molecule has 0 aliphatic rings. The summed E-state index contributed by atoms with van der Waals surface area (Å²) in [6.07, 6.45) is 6.10. The number of nitrogens with one attached hydrogen (secondary N) is 2. The van der Waals surface area contributed by atoms with E-state index in [0.29, 0.717) is 17.9 Å². The second-order valence-electron chi connectivity index (χ2n) is 7.68. The Kier molecular flexibility index (Phi) is 6.88. The maximum absolute atomic E-state index is 13.2. The number of carbonyl (C=O) groups excluding carboxylic acids is 1. The van der Waals surface area contributed by atoms with Crippen LogP contribution in [0.5, 0.6) is 0 Å². The molecule has 0 unspecified atom stereocenters. The zero-order chi connectivity index (χ0) is 23.0. The van der Waals surface area contributed by atoms with Crippen LogP contribution in [0.1, 0.15) is 22.7 Å². The van der Waals surface area contributed by atoms with E-state index in [1.807, 2.05) is 67.8 Å². The number of pyridine rings is 1. The molecule has 0 bridgehead atoms. The summed E-state index contributed by atoms with van der Waals surface area (Å²) in [6, 6.07) is 22.4. The lowest BCUT2D eigenvalue weighted by molar-refractivity contribution is -0.118. The Morgan fingerprint density at radius 2 is 1.88 bits per heavy atom. The van der Waals surface area contributed by atoms with E-state index in [4.69, 9.17) is 5.26 Å². The zero-order valence-electron chi connectivity index (χ0n) is 18.3. The van der Waals surface area contributed by atoms with Crippen molar-refractivity contribution in [3.8, 4) is 17.2 Å². The van der Waals surface area contributed by atoms with E-state index >= 15 is 0 Å². The normalized spacial score (nSPS) is 11.5. The molecule has 7 nitrogen and oxygen atoms in total. The number of aromatic nitrogens is 3. The lowest BCUT2D eigenvalue weighted by Crippen LogP contribution is -2.34.